The van der Waals surface area contributed by atoms with Gasteiger partial charge in [-0.1, -0.05) is 0 Å². The van der Waals surface area contributed by atoms with Gasteiger partial charge in [0, 0.05) is 0 Å². The molecule has 0 heterocycles. The summed E-state index contributed by atoms with van der Waals surface area (Å²) in [4.78, 5) is 6.47. The van der Waals surface area contributed by atoms with Gasteiger partial charge in [0.2, 0.25) is 0 Å². The first-order valence-corrected chi connectivity index (χ1v) is 7.00. The minimum atomic E-state index is 0.614. The van der Waals surface area contributed by atoms with Crippen LogP contribution in [0.2, 0.25) is 0 Å². The van der Waals surface area contributed by atoms with E-state index in [0.29, 0.717) is 5.92 Å². The Balaban J connectivity index is 2.76. The first-order chi connectivity index (χ1) is 9.36. The normalized spacial score (nSPS) is 16.7. The molecule has 0 unspecified atom stereocenters. The predicted molar refractivity (Wildman–Crippen MR) is 92.3 cm³/mol. The number of aliphatic imine (C=N–C) groups is 1. The molecular weight excluding hydrogens is 243 g/mol. The Bertz CT molecular complexity index is 505. The molecule has 0 aromatic carbocycles. The van der Waals surface area contributed by atoms with Crippen molar-refractivity contribution >= 4 is 19.7 Å². The van der Waals surface area contributed by atoms with Gasteiger partial charge in [-0.05, 0) is 0 Å². The van der Waals surface area contributed by atoms with Crippen molar-refractivity contribution in [3.05, 3.63) is 47.2 Å². The molecule has 1 aliphatic rings. The van der Waals surface area contributed by atoms with Crippen molar-refractivity contribution in [2.75, 3.05) is 7.05 Å². The molecule has 1 saturated carbocycles. The van der Waals surface area contributed by atoms with Crippen molar-refractivity contribution in [1.82, 2.24) is 4.90 Å². The Morgan fingerprint density at radius 2 is 1.85 bits per heavy atom. The maximum atomic E-state index is 4.44. The second kappa shape index (κ2) is 7.23. The summed E-state index contributed by atoms with van der Waals surface area (Å²) in [5.74, 6) is 0.614. The molecule has 0 N–H and O–H groups in total. The van der Waals surface area contributed by atoms with Crippen LogP contribution in [0.3, 0.4) is 0 Å². The van der Waals surface area contributed by atoms with E-state index in [1.54, 1.807) is 6.92 Å². The molecule has 20 heavy (non-hydrogen) atoms. The van der Waals surface area contributed by atoms with E-state index in [1.165, 1.54) is 18.4 Å². The first-order valence-electron chi connectivity index (χ1n) is 7.00. The van der Waals surface area contributed by atoms with E-state index in [2.05, 4.69) is 44.5 Å². The molecule has 0 spiro atoms. The van der Waals surface area contributed by atoms with Crippen LogP contribution in [-0.4, -0.2) is 31.7 Å². The number of hydrogen-bond acceptors (Lipinski definition) is 1. The van der Waals surface area contributed by atoms with Gasteiger partial charge in [-0.15, -0.1) is 0 Å². The summed E-state index contributed by atoms with van der Waals surface area (Å²) in [6.45, 7) is 19.7. The summed E-state index contributed by atoms with van der Waals surface area (Å²) in [7, 11) is 2.01. The molecular formula is C17H25BN2. The maximum absolute atomic E-state index is 4.44. The Kier molecular flexibility index (Phi) is 5.93. The Labute approximate surface area is 124 Å². The molecule has 3 heteroatoms. The SMILES string of the molecule is C=BC(=C)/C(C)=C\C(C)=C(/C)N(C)C=NC(=C)C1CC1. The van der Waals surface area contributed by atoms with Crippen molar-refractivity contribution < 1.29 is 0 Å². The first kappa shape index (κ1) is 16.4. The topological polar surface area (TPSA) is 15.6 Å². The second-order valence-electron chi connectivity index (χ2n) is 5.45. The molecule has 106 valence electrons. The van der Waals surface area contributed by atoms with E-state index in [1.807, 2.05) is 25.2 Å². The van der Waals surface area contributed by atoms with Crippen LogP contribution < -0.4 is 0 Å². The third-order valence-electron chi connectivity index (χ3n) is 3.73. The molecule has 0 amide bonds. The number of rotatable bonds is 7. The molecule has 0 radical (unpaired) electrons. The summed E-state index contributed by atoms with van der Waals surface area (Å²) >= 11 is 0. The monoisotopic (exact) mass is 268 g/mol. The van der Waals surface area contributed by atoms with Gasteiger partial charge in [-0.3, -0.25) is 0 Å². The average Bonchev–Trinajstić information content (AvgIpc) is 3.26. The van der Waals surface area contributed by atoms with Gasteiger partial charge in [0.1, 0.15) is 0 Å². The summed E-state index contributed by atoms with van der Waals surface area (Å²) in [6.07, 6.45) is 6.45. The fourth-order valence-corrected chi connectivity index (χ4v) is 1.73. The third kappa shape index (κ3) is 4.80. The van der Waals surface area contributed by atoms with E-state index in [-0.39, 0.29) is 0 Å². The van der Waals surface area contributed by atoms with Crippen LogP contribution >= 0.6 is 0 Å². The molecule has 2 nitrogen and oxygen atoms in total. The molecule has 0 aromatic rings. The van der Waals surface area contributed by atoms with Gasteiger partial charge in [-0.25, -0.2) is 0 Å². The van der Waals surface area contributed by atoms with Gasteiger partial charge in [-0.2, -0.15) is 0 Å². The van der Waals surface area contributed by atoms with Crippen molar-refractivity contribution in [3.8, 4) is 0 Å². The Hall–Kier alpha value is -1.64. The van der Waals surface area contributed by atoms with Crippen molar-refractivity contribution in [2.45, 2.75) is 33.6 Å². The van der Waals surface area contributed by atoms with Gasteiger partial charge in [0.05, 0.1) is 0 Å². The number of nitrogens with zero attached hydrogens (tertiary/aromatic N) is 2. The zero-order valence-corrected chi connectivity index (χ0v) is 13.2. The van der Waals surface area contributed by atoms with Crippen molar-refractivity contribution in [1.29, 1.82) is 0 Å². The van der Waals surface area contributed by atoms with Crippen LogP contribution in [0, 0.1) is 5.92 Å². The van der Waals surface area contributed by atoms with Crippen LogP contribution in [0.1, 0.15) is 33.6 Å². The Morgan fingerprint density at radius 3 is 2.35 bits per heavy atom. The molecule has 0 bridgehead atoms. The molecule has 0 aliphatic heterocycles. The van der Waals surface area contributed by atoms with E-state index in [4.69, 9.17) is 0 Å². The summed E-state index contributed by atoms with van der Waals surface area (Å²) in [6, 6.07) is 0. The average molecular weight is 268 g/mol. The van der Waals surface area contributed by atoms with E-state index < -0.39 is 0 Å². The van der Waals surface area contributed by atoms with Crippen LogP contribution in [0.4, 0.5) is 0 Å². The molecule has 0 aromatic heterocycles. The summed E-state index contributed by atoms with van der Waals surface area (Å²) in [5.41, 5.74) is 5.43. The second-order valence-corrected chi connectivity index (χ2v) is 5.45. The van der Waals surface area contributed by atoms with Crippen LogP contribution in [0.25, 0.3) is 0 Å². The van der Waals surface area contributed by atoms with Gasteiger partial charge < -0.3 is 0 Å². The Morgan fingerprint density at radius 1 is 1.25 bits per heavy atom. The number of allylic oxidation sites excluding steroid dienone is 6. The van der Waals surface area contributed by atoms with Gasteiger partial charge in [0.15, 0.2) is 0 Å². The predicted octanol–water partition coefficient (Wildman–Crippen LogP) is 3.76. The van der Waals surface area contributed by atoms with Gasteiger partial charge in [0.25, 0.3) is 0 Å². The fourth-order valence-electron chi connectivity index (χ4n) is 1.73. The van der Waals surface area contributed by atoms with Crippen LogP contribution in [0.5, 0.6) is 0 Å². The molecule has 1 fully saturated rings. The summed E-state index contributed by atoms with van der Waals surface area (Å²) < 4.78 is 0. The standard InChI is InChI=1S/C17H25BN2/c1-12(14(3)18-6)10-13(2)16(5)20(7)11-19-15(4)17-8-9-17/h10-11,17H,3-4,6,8-9H2,1-2,5,7H3/b12-10-,16-13+,19-11?. The minimum absolute atomic E-state index is 0.614. The van der Waals surface area contributed by atoms with Gasteiger partial charge >= 0.3 is 123 Å². The van der Waals surface area contributed by atoms with E-state index in [9.17, 15) is 0 Å². The van der Waals surface area contributed by atoms with E-state index >= 15 is 0 Å². The quantitative estimate of drug-likeness (QED) is 0.297. The van der Waals surface area contributed by atoms with Crippen molar-refractivity contribution in [2.24, 2.45) is 10.9 Å². The van der Waals surface area contributed by atoms with E-state index in [0.717, 1.165) is 22.4 Å². The number of hydrogen-bond donors (Lipinski definition) is 0. The molecule has 1 rings (SSSR count). The molecule has 0 saturated heterocycles. The zero-order chi connectivity index (χ0) is 15.3. The molecule has 1 aliphatic carbocycles. The van der Waals surface area contributed by atoms with Crippen LogP contribution in [-0.2, 0) is 0 Å². The van der Waals surface area contributed by atoms with Crippen LogP contribution in [0.15, 0.2) is 52.2 Å². The third-order valence-corrected chi connectivity index (χ3v) is 3.73. The zero-order valence-electron chi connectivity index (χ0n) is 13.2. The fraction of sp³-hybridized carbons (Fsp3) is 0.412. The summed E-state index contributed by atoms with van der Waals surface area (Å²) in [5, 5.41) is 0. The van der Waals surface area contributed by atoms with Crippen molar-refractivity contribution in [3.63, 3.8) is 0 Å². The molecule has 0 atom stereocenters.